The summed E-state index contributed by atoms with van der Waals surface area (Å²) >= 11 is 0. The molecule has 0 unspecified atom stereocenters. The molecular formula is C11H14MgO5S. The van der Waals surface area contributed by atoms with Crippen LogP contribution < -0.4 is 10.2 Å². The Morgan fingerprint density at radius 3 is 1.56 bits per heavy atom. The van der Waals surface area contributed by atoms with Crippen LogP contribution in [-0.2, 0) is 0 Å². The quantitative estimate of drug-likeness (QED) is 0.715. The molecule has 1 aromatic carbocycles. The minimum atomic E-state index is -1.40. The molecule has 0 saturated carbocycles. The smallest absolute Gasteiger partial charge is 0.545 e. The van der Waals surface area contributed by atoms with Gasteiger partial charge in [-0.1, -0.05) is 18.2 Å². The standard InChI is InChI=1S/C8H6O4.C3H10OS.Mg/c9-7(10)5-2-1-3-6(4-5)8(11)12;1-5(2,3)4;/h1-4H,(H,9,10)(H,11,12);4H,1-3H3;/q;;+2/p-2. The van der Waals surface area contributed by atoms with Crippen molar-refractivity contribution in [2.45, 2.75) is 0 Å². The molecule has 0 saturated heterocycles. The number of hydrogen-bond donors (Lipinski definition) is 1. The molecule has 0 spiro atoms. The molecular weight excluding hydrogens is 268 g/mol. The van der Waals surface area contributed by atoms with E-state index >= 15 is 0 Å². The molecule has 0 heterocycles. The molecule has 1 rings (SSSR count). The summed E-state index contributed by atoms with van der Waals surface area (Å²) in [6.45, 7) is 0. The molecule has 0 bridgehead atoms. The third kappa shape index (κ3) is 10.4. The average molecular weight is 283 g/mol. The first-order valence-corrected chi connectivity index (χ1v) is 7.36. The van der Waals surface area contributed by atoms with Crippen molar-refractivity contribution in [2.24, 2.45) is 0 Å². The van der Waals surface area contributed by atoms with Gasteiger partial charge in [0, 0.05) is 0 Å². The Hall–Kier alpha value is -0.764. The summed E-state index contributed by atoms with van der Waals surface area (Å²) in [5, 5.41) is 20.5. The van der Waals surface area contributed by atoms with E-state index in [1.807, 2.05) is 18.8 Å². The fraction of sp³-hybridized carbons (Fsp3) is 0.273. The van der Waals surface area contributed by atoms with E-state index in [0.29, 0.717) is 0 Å². The average Bonchev–Trinajstić information content (AvgIpc) is 2.15. The van der Waals surface area contributed by atoms with Crippen LogP contribution in [0, 0.1) is 0 Å². The second-order valence-electron chi connectivity index (χ2n) is 3.93. The number of carboxylic acid groups (broad SMARTS) is 2. The van der Waals surface area contributed by atoms with Crippen molar-refractivity contribution in [1.82, 2.24) is 0 Å². The van der Waals surface area contributed by atoms with Crippen LogP contribution in [0.1, 0.15) is 20.7 Å². The van der Waals surface area contributed by atoms with Gasteiger partial charge in [-0.25, -0.2) is 0 Å². The third-order valence-corrected chi connectivity index (χ3v) is 1.33. The molecule has 0 amide bonds. The molecule has 0 aliphatic rings. The Morgan fingerprint density at radius 2 is 1.33 bits per heavy atom. The van der Waals surface area contributed by atoms with Gasteiger partial charge < -0.3 is 24.4 Å². The van der Waals surface area contributed by atoms with Crippen LogP contribution in [0.3, 0.4) is 0 Å². The molecule has 0 fully saturated rings. The summed E-state index contributed by atoms with van der Waals surface area (Å²) in [5.74, 6) is -2.81. The first-order valence-electron chi connectivity index (χ1n) is 4.55. The molecule has 0 aromatic heterocycles. The number of carboxylic acids is 2. The molecule has 0 aliphatic carbocycles. The van der Waals surface area contributed by atoms with Gasteiger partial charge in [-0.05, 0) is 36.0 Å². The summed E-state index contributed by atoms with van der Waals surface area (Å²) in [6, 6.07) is 4.81. The van der Waals surface area contributed by atoms with E-state index in [2.05, 4.69) is 0 Å². The Morgan fingerprint density at radius 1 is 1.06 bits per heavy atom. The molecule has 1 N–H and O–H groups in total. The van der Waals surface area contributed by atoms with Crippen molar-refractivity contribution in [3.63, 3.8) is 0 Å². The molecule has 0 aliphatic heterocycles. The maximum absolute atomic E-state index is 10.3. The van der Waals surface area contributed by atoms with Crippen molar-refractivity contribution < 1.29 is 24.4 Å². The number of benzene rings is 1. The van der Waals surface area contributed by atoms with E-state index in [1.165, 1.54) is 18.2 Å². The number of carbonyl (C=O) groups excluding carboxylic acids is 2. The number of rotatable bonds is 2. The minimum Gasteiger partial charge on any atom is -0.545 e. The monoisotopic (exact) mass is 282 g/mol. The van der Waals surface area contributed by atoms with Gasteiger partial charge in [0.25, 0.3) is 0 Å². The van der Waals surface area contributed by atoms with E-state index in [1.54, 1.807) is 0 Å². The Labute approximate surface area is 124 Å². The second kappa shape index (κ2) is 8.36. The van der Waals surface area contributed by atoms with Crippen LogP contribution in [-0.4, -0.2) is 58.3 Å². The number of carbonyl (C=O) groups is 2. The topological polar surface area (TPSA) is 100 Å². The van der Waals surface area contributed by atoms with Gasteiger partial charge in [0.15, 0.2) is 0 Å². The zero-order valence-corrected chi connectivity index (χ0v) is 12.7. The fourth-order valence-corrected chi connectivity index (χ4v) is 0.773. The van der Waals surface area contributed by atoms with E-state index in [-0.39, 0.29) is 34.2 Å². The number of aromatic carboxylic acids is 2. The summed E-state index contributed by atoms with van der Waals surface area (Å²) in [6.07, 6.45) is 5.48. The molecule has 5 nitrogen and oxygen atoms in total. The van der Waals surface area contributed by atoms with Gasteiger partial charge in [-0.15, -0.1) is 10.3 Å². The van der Waals surface area contributed by atoms with Gasteiger partial charge in [-0.3, -0.25) is 0 Å². The van der Waals surface area contributed by atoms with E-state index in [4.69, 9.17) is 4.55 Å². The first-order chi connectivity index (χ1) is 7.61. The van der Waals surface area contributed by atoms with Gasteiger partial charge in [-0.2, -0.15) is 0 Å². The van der Waals surface area contributed by atoms with Gasteiger partial charge >= 0.3 is 23.1 Å². The summed E-state index contributed by atoms with van der Waals surface area (Å²) < 4.78 is 8.60. The molecule has 7 heteroatoms. The van der Waals surface area contributed by atoms with Crippen molar-refractivity contribution in [3.8, 4) is 0 Å². The largest absolute Gasteiger partial charge is 2.00 e. The van der Waals surface area contributed by atoms with Crippen molar-refractivity contribution in [1.29, 1.82) is 0 Å². The maximum atomic E-state index is 10.3. The van der Waals surface area contributed by atoms with Crippen LogP contribution in [0.5, 0.6) is 0 Å². The predicted molar refractivity (Wildman–Crippen MR) is 68.8 cm³/mol. The van der Waals surface area contributed by atoms with Crippen LogP contribution in [0.25, 0.3) is 0 Å². The van der Waals surface area contributed by atoms with Crippen molar-refractivity contribution in [3.05, 3.63) is 35.4 Å². The third-order valence-electron chi connectivity index (χ3n) is 1.33. The summed E-state index contributed by atoms with van der Waals surface area (Å²) in [4.78, 5) is 20.5. The van der Waals surface area contributed by atoms with E-state index < -0.39 is 22.2 Å². The Kier molecular flexibility index (Phi) is 9.09. The predicted octanol–water partition coefficient (Wildman–Crippen LogP) is -0.814. The molecule has 1 aromatic rings. The van der Waals surface area contributed by atoms with Gasteiger partial charge in [0.1, 0.15) is 0 Å². The van der Waals surface area contributed by atoms with Gasteiger partial charge in [0.2, 0.25) is 0 Å². The molecule has 96 valence electrons. The normalized spacial score (nSPS) is 10.4. The van der Waals surface area contributed by atoms with Gasteiger partial charge in [0.05, 0.1) is 11.9 Å². The van der Waals surface area contributed by atoms with E-state index in [9.17, 15) is 19.8 Å². The van der Waals surface area contributed by atoms with Crippen LogP contribution >= 0.6 is 10.3 Å². The van der Waals surface area contributed by atoms with Crippen LogP contribution in [0.15, 0.2) is 24.3 Å². The van der Waals surface area contributed by atoms with Crippen molar-refractivity contribution >= 4 is 45.3 Å². The SMILES string of the molecule is CS(C)(C)O.O=C([O-])c1cccc(C(=O)[O-])c1.[Mg+2]. The minimum absolute atomic E-state index is 0. The zero-order valence-electron chi connectivity index (χ0n) is 10.5. The van der Waals surface area contributed by atoms with E-state index in [0.717, 1.165) is 6.07 Å². The summed E-state index contributed by atoms with van der Waals surface area (Å²) in [7, 11) is -1.17. The second-order valence-corrected chi connectivity index (χ2v) is 7.47. The maximum Gasteiger partial charge on any atom is 2.00 e. The number of hydrogen-bond acceptors (Lipinski definition) is 5. The molecule has 0 atom stereocenters. The Bertz CT molecular complexity index is 379. The fourth-order valence-electron chi connectivity index (χ4n) is 0.773. The first kappa shape index (κ1) is 19.6. The Balaban J connectivity index is 0. The summed E-state index contributed by atoms with van der Waals surface area (Å²) in [5.41, 5.74) is -0.339. The van der Waals surface area contributed by atoms with Crippen LogP contribution in [0.2, 0.25) is 0 Å². The molecule has 18 heavy (non-hydrogen) atoms. The zero-order chi connectivity index (χ0) is 13.6. The molecule has 0 radical (unpaired) electrons. The van der Waals surface area contributed by atoms with Crippen LogP contribution in [0.4, 0.5) is 0 Å². The van der Waals surface area contributed by atoms with Crippen molar-refractivity contribution in [2.75, 3.05) is 18.8 Å².